The van der Waals surface area contributed by atoms with Crippen LogP contribution in [0.1, 0.15) is 12.0 Å². The molecule has 0 radical (unpaired) electrons. The highest BCUT2D eigenvalue weighted by Gasteiger charge is 2.16. The summed E-state index contributed by atoms with van der Waals surface area (Å²) in [6.45, 7) is 0.165. The van der Waals surface area contributed by atoms with Crippen LogP contribution in [0.5, 0.6) is 11.5 Å². The minimum absolute atomic E-state index is 0.0112. The third-order valence-corrected chi connectivity index (χ3v) is 3.50. The van der Waals surface area contributed by atoms with E-state index in [0.29, 0.717) is 17.9 Å². The van der Waals surface area contributed by atoms with Crippen LogP contribution in [0.4, 0.5) is 0 Å². The summed E-state index contributed by atoms with van der Waals surface area (Å²) in [4.78, 5) is 11.0. The Labute approximate surface area is 146 Å². The third-order valence-electron chi connectivity index (χ3n) is 3.50. The molecule has 0 aliphatic rings. The molecule has 0 saturated carbocycles. The molecule has 2 aromatic rings. The molecule has 0 unspecified atom stereocenters. The van der Waals surface area contributed by atoms with Crippen molar-refractivity contribution in [2.24, 2.45) is 0 Å². The first kappa shape index (κ1) is 18.8. The molecule has 0 atom stereocenters. The van der Waals surface area contributed by atoms with Gasteiger partial charge in [0.25, 0.3) is 0 Å². The fraction of sp³-hybridized carbons (Fsp3) is 0.316. The number of carboxylic acids is 1. The SMILES string of the molecule is COCOc1cc(CCC(=O)O)c(-c2ccccc2)c(OCOC)c1. The van der Waals surface area contributed by atoms with E-state index < -0.39 is 5.97 Å². The predicted octanol–water partition coefficient (Wildman–Crippen LogP) is 3.34. The molecule has 0 heterocycles. The van der Waals surface area contributed by atoms with E-state index in [-0.39, 0.29) is 20.0 Å². The van der Waals surface area contributed by atoms with Gasteiger partial charge in [-0.15, -0.1) is 0 Å². The summed E-state index contributed by atoms with van der Waals surface area (Å²) < 4.78 is 21.2. The quantitative estimate of drug-likeness (QED) is 0.665. The Kier molecular flexibility index (Phi) is 7.25. The van der Waals surface area contributed by atoms with Crippen molar-refractivity contribution in [3.8, 4) is 22.6 Å². The van der Waals surface area contributed by atoms with Crippen molar-refractivity contribution in [2.45, 2.75) is 12.8 Å². The van der Waals surface area contributed by atoms with Crippen molar-refractivity contribution in [3.63, 3.8) is 0 Å². The molecule has 2 aromatic carbocycles. The Morgan fingerprint density at radius 1 is 1.00 bits per heavy atom. The Morgan fingerprint density at radius 3 is 2.32 bits per heavy atom. The molecule has 0 bridgehead atoms. The topological polar surface area (TPSA) is 74.2 Å². The minimum atomic E-state index is -0.860. The zero-order valence-corrected chi connectivity index (χ0v) is 14.4. The Bertz CT molecular complexity index is 684. The van der Waals surface area contributed by atoms with Gasteiger partial charge in [0.05, 0.1) is 0 Å². The fourth-order valence-electron chi connectivity index (χ4n) is 2.46. The number of aliphatic carboxylic acids is 1. The number of rotatable bonds is 10. The minimum Gasteiger partial charge on any atom is -0.481 e. The third kappa shape index (κ3) is 5.48. The Balaban J connectivity index is 2.50. The van der Waals surface area contributed by atoms with Gasteiger partial charge in [-0.2, -0.15) is 0 Å². The number of carboxylic acid groups (broad SMARTS) is 1. The van der Waals surface area contributed by atoms with Crippen LogP contribution in [0.25, 0.3) is 11.1 Å². The van der Waals surface area contributed by atoms with Crippen LogP contribution in [0.2, 0.25) is 0 Å². The fourth-order valence-corrected chi connectivity index (χ4v) is 2.46. The summed E-state index contributed by atoms with van der Waals surface area (Å²) in [6.07, 6.45) is 0.365. The normalized spacial score (nSPS) is 10.5. The molecule has 25 heavy (non-hydrogen) atoms. The van der Waals surface area contributed by atoms with Gasteiger partial charge in [-0.05, 0) is 23.6 Å². The van der Waals surface area contributed by atoms with Crippen molar-refractivity contribution >= 4 is 5.97 Å². The lowest BCUT2D eigenvalue weighted by Crippen LogP contribution is -2.06. The summed E-state index contributed by atoms with van der Waals surface area (Å²) in [5, 5.41) is 9.06. The van der Waals surface area contributed by atoms with Crippen LogP contribution in [0.15, 0.2) is 42.5 Å². The van der Waals surface area contributed by atoms with Gasteiger partial charge in [0.2, 0.25) is 0 Å². The molecular weight excluding hydrogens is 324 g/mol. The van der Waals surface area contributed by atoms with Gasteiger partial charge in [-0.1, -0.05) is 30.3 Å². The number of hydrogen-bond donors (Lipinski definition) is 1. The standard InChI is InChI=1S/C19H22O6/c1-22-12-24-16-10-15(8-9-18(20)21)19(14-6-4-3-5-7-14)17(11-16)25-13-23-2/h3-7,10-11H,8-9,12-13H2,1-2H3,(H,20,21). The maximum Gasteiger partial charge on any atom is 0.303 e. The van der Waals surface area contributed by atoms with E-state index in [2.05, 4.69) is 0 Å². The van der Waals surface area contributed by atoms with Crippen LogP contribution in [-0.2, 0) is 20.7 Å². The van der Waals surface area contributed by atoms with Crippen molar-refractivity contribution in [3.05, 3.63) is 48.0 Å². The highest BCUT2D eigenvalue weighted by molar-refractivity contribution is 5.76. The first-order chi connectivity index (χ1) is 12.2. The zero-order chi connectivity index (χ0) is 18.1. The second-order valence-corrected chi connectivity index (χ2v) is 5.32. The number of carbonyl (C=O) groups is 1. The van der Waals surface area contributed by atoms with Gasteiger partial charge in [0.15, 0.2) is 13.6 Å². The van der Waals surface area contributed by atoms with E-state index in [9.17, 15) is 4.79 Å². The van der Waals surface area contributed by atoms with E-state index in [1.54, 1.807) is 13.2 Å². The van der Waals surface area contributed by atoms with Crippen molar-refractivity contribution < 1.29 is 28.8 Å². The average molecular weight is 346 g/mol. The number of methoxy groups -OCH3 is 2. The summed E-state index contributed by atoms with van der Waals surface area (Å²) in [6, 6.07) is 13.3. The van der Waals surface area contributed by atoms with Gasteiger partial charge in [0.1, 0.15) is 11.5 Å². The largest absolute Gasteiger partial charge is 0.481 e. The second kappa shape index (κ2) is 9.66. The first-order valence-corrected chi connectivity index (χ1v) is 7.83. The summed E-state index contributed by atoms with van der Waals surface area (Å²) in [7, 11) is 3.07. The highest BCUT2D eigenvalue weighted by atomic mass is 16.7. The van der Waals surface area contributed by atoms with Crippen molar-refractivity contribution in [2.75, 3.05) is 27.8 Å². The molecule has 134 valence electrons. The van der Waals surface area contributed by atoms with E-state index in [0.717, 1.165) is 16.7 Å². The molecule has 0 aliphatic carbocycles. The first-order valence-electron chi connectivity index (χ1n) is 7.83. The molecule has 2 rings (SSSR count). The van der Waals surface area contributed by atoms with Crippen LogP contribution in [0, 0.1) is 0 Å². The van der Waals surface area contributed by atoms with E-state index in [1.165, 1.54) is 7.11 Å². The lowest BCUT2D eigenvalue weighted by molar-refractivity contribution is -0.136. The summed E-state index contributed by atoms with van der Waals surface area (Å²) in [5.74, 6) is 0.261. The molecule has 0 aromatic heterocycles. The lowest BCUT2D eigenvalue weighted by atomic mass is 9.95. The summed E-state index contributed by atoms with van der Waals surface area (Å²) in [5.41, 5.74) is 2.60. The van der Waals surface area contributed by atoms with E-state index in [4.69, 9.17) is 24.1 Å². The number of benzene rings is 2. The molecular formula is C19H22O6. The predicted molar refractivity (Wildman–Crippen MR) is 92.8 cm³/mol. The maximum atomic E-state index is 11.0. The number of aryl methyl sites for hydroxylation is 1. The molecule has 0 amide bonds. The van der Waals surface area contributed by atoms with E-state index >= 15 is 0 Å². The van der Waals surface area contributed by atoms with Crippen molar-refractivity contribution in [1.29, 1.82) is 0 Å². The van der Waals surface area contributed by atoms with Crippen molar-refractivity contribution in [1.82, 2.24) is 0 Å². The molecule has 1 N–H and O–H groups in total. The van der Waals surface area contributed by atoms with Gasteiger partial charge < -0.3 is 24.1 Å². The van der Waals surface area contributed by atoms with Crippen LogP contribution in [0.3, 0.4) is 0 Å². The average Bonchev–Trinajstić information content (AvgIpc) is 2.63. The Morgan fingerprint density at radius 2 is 1.68 bits per heavy atom. The molecule has 0 aliphatic heterocycles. The number of ether oxygens (including phenoxy) is 4. The monoisotopic (exact) mass is 346 g/mol. The van der Waals surface area contributed by atoms with Gasteiger partial charge in [-0.3, -0.25) is 4.79 Å². The molecule has 6 nitrogen and oxygen atoms in total. The van der Waals surface area contributed by atoms with Crippen LogP contribution >= 0.6 is 0 Å². The highest BCUT2D eigenvalue weighted by Crippen LogP contribution is 2.38. The van der Waals surface area contributed by atoms with Gasteiger partial charge in [-0.25, -0.2) is 0 Å². The zero-order valence-electron chi connectivity index (χ0n) is 14.4. The lowest BCUT2D eigenvalue weighted by Gasteiger charge is -2.18. The molecule has 0 fully saturated rings. The molecule has 0 saturated heterocycles. The molecule has 6 heteroatoms. The second-order valence-electron chi connectivity index (χ2n) is 5.32. The van der Waals surface area contributed by atoms with Gasteiger partial charge >= 0.3 is 5.97 Å². The smallest absolute Gasteiger partial charge is 0.303 e. The molecule has 0 spiro atoms. The maximum absolute atomic E-state index is 11.0. The number of hydrogen-bond acceptors (Lipinski definition) is 5. The van der Waals surface area contributed by atoms with Crippen LogP contribution < -0.4 is 9.47 Å². The van der Waals surface area contributed by atoms with E-state index in [1.807, 2.05) is 36.4 Å². The van der Waals surface area contributed by atoms with Crippen LogP contribution in [-0.4, -0.2) is 38.9 Å². The summed E-state index contributed by atoms with van der Waals surface area (Å²) >= 11 is 0. The Hall–Kier alpha value is -2.57. The van der Waals surface area contributed by atoms with Gasteiger partial charge in [0, 0.05) is 32.3 Å².